The number of hydrogen-bond acceptors (Lipinski definition) is 5. The number of rotatable bonds is 12. The predicted octanol–water partition coefficient (Wildman–Crippen LogP) is 6.55. The summed E-state index contributed by atoms with van der Waals surface area (Å²) in [5.74, 6) is -0.786. The first-order valence-corrected chi connectivity index (χ1v) is 16.4. The number of sulfonamides is 1. The fourth-order valence-electron chi connectivity index (χ4n) is 4.75. The zero-order valence-corrected chi connectivity index (χ0v) is 27.9. The van der Waals surface area contributed by atoms with E-state index >= 15 is 0 Å². The van der Waals surface area contributed by atoms with Crippen LogP contribution in [0.25, 0.3) is 0 Å². The van der Waals surface area contributed by atoms with Crippen LogP contribution in [0.15, 0.2) is 95.9 Å². The van der Waals surface area contributed by atoms with E-state index in [2.05, 4.69) is 5.32 Å². The summed E-state index contributed by atoms with van der Waals surface area (Å²) in [5, 5.41) is 3.38. The van der Waals surface area contributed by atoms with Gasteiger partial charge < -0.3 is 15.0 Å². The lowest BCUT2D eigenvalue weighted by Crippen LogP contribution is -2.53. The number of hydrogen-bond donors (Lipinski definition) is 1. The molecule has 0 aliphatic carbocycles. The molecular formula is C33H32Cl3N3O5S. The van der Waals surface area contributed by atoms with Gasteiger partial charge in [0.25, 0.3) is 10.0 Å². The minimum absolute atomic E-state index is 0.0272. The van der Waals surface area contributed by atoms with Crippen molar-refractivity contribution in [2.24, 2.45) is 0 Å². The number of methoxy groups -OCH3 is 1. The first-order valence-electron chi connectivity index (χ1n) is 13.9. The van der Waals surface area contributed by atoms with E-state index in [1.807, 2.05) is 37.3 Å². The van der Waals surface area contributed by atoms with Crippen LogP contribution in [0.1, 0.15) is 16.7 Å². The summed E-state index contributed by atoms with van der Waals surface area (Å²) in [7, 11) is -1.39. The maximum absolute atomic E-state index is 14.4. The van der Waals surface area contributed by atoms with Crippen molar-refractivity contribution in [3.05, 3.63) is 123 Å². The lowest BCUT2D eigenvalue weighted by Gasteiger charge is -2.34. The molecule has 1 N–H and O–H groups in total. The zero-order chi connectivity index (χ0) is 32.7. The van der Waals surface area contributed by atoms with E-state index in [0.29, 0.717) is 21.4 Å². The van der Waals surface area contributed by atoms with Crippen molar-refractivity contribution in [2.75, 3.05) is 25.0 Å². The molecule has 0 heterocycles. The van der Waals surface area contributed by atoms with E-state index < -0.39 is 34.4 Å². The van der Waals surface area contributed by atoms with Crippen LogP contribution in [0, 0.1) is 6.92 Å². The Bertz CT molecular complexity index is 1750. The first kappa shape index (κ1) is 34.1. The zero-order valence-electron chi connectivity index (χ0n) is 24.8. The number of aryl methyl sites for hydroxylation is 1. The highest BCUT2D eigenvalue weighted by Gasteiger charge is 2.35. The molecule has 236 valence electrons. The molecule has 0 saturated carbocycles. The largest absolute Gasteiger partial charge is 0.495 e. The van der Waals surface area contributed by atoms with Gasteiger partial charge in [-0.05, 0) is 55.0 Å². The van der Waals surface area contributed by atoms with Crippen molar-refractivity contribution in [3.63, 3.8) is 0 Å². The van der Waals surface area contributed by atoms with E-state index in [9.17, 15) is 18.0 Å². The van der Waals surface area contributed by atoms with Crippen molar-refractivity contribution in [2.45, 2.75) is 30.8 Å². The molecule has 4 rings (SSSR count). The Balaban J connectivity index is 1.84. The molecule has 0 bridgehead atoms. The lowest BCUT2D eigenvalue weighted by atomic mass is 10.0. The number of carbonyl (C=O) groups excluding carboxylic acids is 2. The molecule has 12 heteroatoms. The van der Waals surface area contributed by atoms with E-state index in [4.69, 9.17) is 39.5 Å². The molecule has 0 aromatic heterocycles. The quantitative estimate of drug-likeness (QED) is 0.182. The van der Waals surface area contributed by atoms with Crippen molar-refractivity contribution in [1.29, 1.82) is 0 Å². The van der Waals surface area contributed by atoms with Crippen LogP contribution in [0.2, 0.25) is 15.1 Å². The van der Waals surface area contributed by atoms with Crippen molar-refractivity contribution in [1.82, 2.24) is 10.2 Å². The maximum atomic E-state index is 14.4. The maximum Gasteiger partial charge on any atom is 0.264 e. The molecule has 0 spiro atoms. The number of nitrogens with one attached hydrogen (secondary N) is 1. The summed E-state index contributed by atoms with van der Waals surface area (Å²) >= 11 is 19.4. The third-order valence-corrected chi connectivity index (χ3v) is 10.0. The van der Waals surface area contributed by atoms with Gasteiger partial charge in [0.1, 0.15) is 18.3 Å². The van der Waals surface area contributed by atoms with Crippen LogP contribution < -0.4 is 14.4 Å². The molecule has 45 heavy (non-hydrogen) atoms. The van der Waals surface area contributed by atoms with Crippen molar-refractivity contribution < 1.29 is 22.7 Å². The summed E-state index contributed by atoms with van der Waals surface area (Å²) in [5.41, 5.74) is 2.20. The standard InChI is InChI=1S/C33H32Cl3N3O5S/c1-22-12-15-25(16-13-22)45(42,43)39(24-14-17-31(44-3)29(36)19-24)21-32(40)38(20-26-27(34)10-7-11-28(26)35)30(33(41)37-2)18-23-8-5-4-6-9-23/h4-17,19,30H,18,20-21H2,1-3H3,(H,37,41). The number of ether oxygens (including phenoxy) is 1. The van der Waals surface area contributed by atoms with Gasteiger partial charge in [0.15, 0.2) is 0 Å². The number of anilines is 1. The number of nitrogens with zero attached hydrogens (tertiary/aromatic N) is 2. The van der Waals surface area contributed by atoms with E-state index in [1.165, 1.54) is 49.4 Å². The summed E-state index contributed by atoms with van der Waals surface area (Å²) in [6.45, 7) is 1.01. The van der Waals surface area contributed by atoms with Crippen LogP contribution in [0.5, 0.6) is 5.75 Å². The fraction of sp³-hybridized carbons (Fsp3) is 0.212. The lowest BCUT2D eigenvalue weighted by molar-refractivity contribution is -0.139. The monoisotopic (exact) mass is 687 g/mol. The van der Waals surface area contributed by atoms with Gasteiger partial charge in [0, 0.05) is 35.6 Å². The highest BCUT2D eigenvalue weighted by molar-refractivity contribution is 7.92. The highest BCUT2D eigenvalue weighted by Crippen LogP contribution is 2.33. The minimum atomic E-state index is -4.30. The van der Waals surface area contributed by atoms with Crippen molar-refractivity contribution >= 4 is 62.3 Å². The Kier molecular flexibility index (Phi) is 11.4. The average Bonchev–Trinajstić information content (AvgIpc) is 3.02. The Morgan fingerprint density at radius 1 is 0.867 bits per heavy atom. The molecule has 1 atom stereocenters. The van der Waals surface area contributed by atoms with Gasteiger partial charge in [-0.1, -0.05) is 88.9 Å². The molecule has 4 aromatic rings. The average molecular weight is 689 g/mol. The van der Waals surface area contributed by atoms with Crippen LogP contribution in [0.4, 0.5) is 5.69 Å². The highest BCUT2D eigenvalue weighted by atomic mass is 35.5. The van der Waals surface area contributed by atoms with Crippen LogP contribution in [0.3, 0.4) is 0 Å². The van der Waals surface area contributed by atoms with Crippen LogP contribution in [-0.2, 0) is 32.6 Å². The molecule has 8 nitrogen and oxygen atoms in total. The summed E-state index contributed by atoms with van der Waals surface area (Å²) in [6, 6.07) is 23.8. The molecule has 0 saturated heterocycles. The SMILES string of the molecule is CNC(=O)C(Cc1ccccc1)N(Cc1c(Cl)cccc1Cl)C(=O)CN(c1ccc(OC)c(Cl)c1)S(=O)(=O)c1ccc(C)cc1. The second-order valence-electron chi connectivity index (χ2n) is 10.2. The Hall–Kier alpha value is -3.76. The predicted molar refractivity (Wildman–Crippen MR) is 179 cm³/mol. The molecule has 0 aliphatic rings. The van der Waals surface area contributed by atoms with Crippen molar-refractivity contribution in [3.8, 4) is 5.75 Å². The summed E-state index contributed by atoms with van der Waals surface area (Å²) in [4.78, 5) is 29.1. The first-order chi connectivity index (χ1) is 21.5. The number of amides is 2. The van der Waals surface area contributed by atoms with E-state index in [1.54, 1.807) is 30.3 Å². The number of halogens is 3. The topological polar surface area (TPSA) is 96.0 Å². The normalized spacial score (nSPS) is 11.9. The summed E-state index contributed by atoms with van der Waals surface area (Å²) < 4.78 is 34.5. The van der Waals surface area contributed by atoms with Gasteiger partial charge in [-0.3, -0.25) is 13.9 Å². The molecule has 2 amide bonds. The molecule has 0 fully saturated rings. The molecule has 0 aliphatic heterocycles. The van der Waals surface area contributed by atoms with E-state index in [-0.39, 0.29) is 28.6 Å². The van der Waals surface area contributed by atoms with Gasteiger partial charge in [0.05, 0.1) is 22.7 Å². The number of benzene rings is 4. The fourth-order valence-corrected chi connectivity index (χ4v) is 6.93. The Morgan fingerprint density at radius 3 is 2.09 bits per heavy atom. The molecular weight excluding hydrogens is 657 g/mol. The number of likely N-dealkylation sites (N-methyl/N-ethyl adjacent to an activating group) is 1. The van der Waals surface area contributed by atoms with Gasteiger partial charge >= 0.3 is 0 Å². The van der Waals surface area contributed by atoms with Crippen LogP contribution >= 0.6 is 34.8 Å². The van der Waals surface area contributed by atoms with Gasteiger partial charge in [-0.15, -0.1) is 0 Å². The Morgan fingerprint density at radius 2 is 1.51 bits per heavy atom. The third kappa shape index (κ3) is 8.10. The summed E-state index contributed by atoms with van der Waals surface area (Å²) in [6.07, 6.45) is 0.146. The van der Waals surface area contributed by atoms with Gasteiger partial charge in [0.2, 0.25) is 11.8 Å². The molecule has 1 unspecified atom stereocenters. The smallest absolute Gasteiger partial charge is 0.264 e. The second-order valence-corrected chi connectivity index (χ2v) is 13.3. The second kappa shape index (κ2) is 15.0. The Labute approximate surface area is 278 Å². The van der Waals surface area contributed by atoms with E-state index in [0.717, 1.165) is 15.4 Å². The number of carbonyl (C=O) groups is 2. The molecule has 0 radical (unpaired) electrons. The van der Waals surface area contributed by atoms with Gasteiger partial charge in [-0.25, -0.2) is 8.42 Å². The third-order valence-electron chi connectivity index (χ3n) is 7.22. The molecule has 4 aromatic carbocycles. The van der Waals surface area contributed by atoms with Crippen LogP contribution in [-0.4, -0.2) is 51.9 Å². The minimum Gasteiger partial charge on any atom is -0.495 e. The van der Waals surface area contributed by atoms with Gasteiger partial charge in [-0.2, -0.15) is 0 Å².